The first-order valence-corrected chi connectivity index (χ1v) is 8.49. The van der Waals surface area contributed by atoms with Crippen LogP contribution in [0.1, 0.15) is 0 Å². The Balaban J connectivity index is 1.49. The van der Waals surface area contributed by atoms with Crippen molar-refractivity contribution in [2.24, 2.45) is 0 Å². The monoisotopic (exact) mass is 351 g/mol. The Morgan fingerprint density at radius 3 is 2.31 bits per heavy atom. The lowest BCUT2D eigenvalue weighted by Crippen LogP contribution is -2.47. The molecule has 0 unspecified atom stereocenters. The van der Waals surface area contributed by atoms with Crippen LogP contribution in [0.15, 0.2) is 49.3 Å². The van der Waals surface area contributed by atoms with Crippen LogP contribution in [0, 0.1) is 0 Å². The van der Waals surface area contributed by atoms with Crippen molar-refractivity contribution in [3.63, 3.8) is 0 Å². The van der Waals surface area contributed by atoms with E-state index in [1.54, 1.807) is 30.5 Å². The van der Waals surface area contributed by atoms with Gasteiger partial charge in [0.1, 0.15) is 24.1 Å². The third kappa shape index (κ3) is 3.01. The molecule has 0 aliphatic carbocycles. The Labute approximate surface area is 151 Å². The normalized spacial score (nSPS) is 14.5. The number of ether oxygens (including phenoxy) is 1. The fourth-order valence-electron chi connectivity index (χ4n) is 3.19. The summed E-state index contributed by atoms with van der Waals surface area (Å²) in [6.45, 7) is 3.49. The van der Waals surface area contributed by atoms with Crippen molar-refractivity contribution in [3.05, 3.63) is 49.3 Å². The highest BCUT2D eigenvalue weighted by Gasteiger charge is 2.22. The van der Waals surface area contributed by atoms with Crippen molar-refractivity contribution >= 4 is 17.2 Å². The van der Waals surface area contributed by atoms with Crippen LogP contribution >= 0.6 is 0 Å². The van der Waals surface area contributed by atoms with Gasteiger partial charge in [-0.3, -0.25) is 4.57 Å². The second-order valence-electron chi connectivity index (χ2n) is 6.08. The molecular weight excluding hydrogens is 330 g/mol. The average Bonchev–Trinajstić information content (AvgIpc) is 3.23. The molecule has 134 valence electrons. The number of aromatic nitrogens is 4. The first kappa shape index (κ1) is 16.2. The van der Waals surface area contributed by atoms with Gasteiger partial charge in [0.05, 0.1) is 7.11 Å². The Kier molecular flexibility index (Phi) is 4.30. The van der Waals surface area contributed by atoms with Crippen LogP contribution in [0.2, 0.25) is 0 Å². The molecule has 1 saturated heterocycles. The van der Waals surface area contributed by atoms with E-state index in [4.69, 9.17) is 10.5 Å². The van der Waals surface area contributed by atoms with Gasteiger partial charge in [0, 0.05) is 44.3 Å². The number of rotatable bonds is 4. The first-order valence-electron chi connectivity index (χ1n) is 8.49. The van der Waals surface area contributed by atoms with Gasteiger partial charge in [0.2, 0.25) is 0 Å². The van der Waals surface area contributed by atoms with Gasteiger partial charge < -0.3 is 20.3 Å². The summed E-state index contributed by atoms with van der Waals surface area (Å²) in [6.07, 6.45) is 6.76. The molecule has 0 saturated carbocycles. The van der Waals surface area contributed by atoms with E-state index in [0.717, 1.165) is 37.7 Å². The minimum absolute atomic E-state index is 0.573. The van der Waals surface area contributed by atoms with Gasteiger partial charge in [0.25, 0.3) is 0 Å². The van der Waals surface area contributed by atoms with Crippen molar-refractivity contribution in [1.29, 1.82) is 0 Å². The lowest BCUT2D eigenvalue weighted by molar-refractivity contribution is 0.415. The van der Waals surface area contributed by atoms with Crippen LogP contribution in [0.25, 0.3) is 5.82 Å². The Bertz CT molecular complexity index is 856. The van der Waals surface area contributed by atoms with E-state index in [9.17, 15) is 0 Å². The minimum atomic E-state index is 0.573. The molecule has 8 nitrogen and oxygen atoms in total. The van der Waals surface area contributed by atoms with E-state index >= 15 is 0 Å². The number of nitrogen functional groups attached to an aromatic ring is 1. The smallest absolute Gasteiger partial charge is 0.166 e. The molecule has 2 N–H and O–H groups in total. The highest BCUT2D eigenvalue weighted by Crippen LogP contribution is 2.27. The fourth-order valence-corrected chi connectivity index (χ4v) is 3.19. The van der Waals surface area contributed by atoms with Crippen LogP contribution in [0.3, 0.4) is 0 Å². The summed E-state index contributed by atoms with van der Waals surface area (Å²) in [6, 6.07) is 8.15. The van der Waals surface area contributed by atoms with Crippen molar-refractivity contribution in [3.8, 4) is 11.6 Å². The number of piperazine rings is 1. The lowest BCUT2D eigenvalue weighted by Gasteiger charge is -2.37. The number of methoxy groups -OCH3 is 1. The van der Waals surface area contributed by atoms with E-state index in [2.05, 4.69) is 36.9 Å². The van der Waals surface area contributed by atoms with E-state index < -0.39 is 0 Å². The molecule has 1 aliphatic rings. The van der Waals surface area contributed by atoms with Crippen LogP contribution in [-0.4, -0.2) is 52.8 Å². The topological polar surface area (TPSA) is 85.3 Å². The van der Waals surface area contributed by atoms with Crippen molar-refractivity contribution < 1.29 is 4.74 Å². The maximum atomic E-state index is 6.34. The average molecular weight is 351 g/mol. The van der Waals surface area contributed by atoms with Gasteiger partial charge in [-0.15, -0.1) is 0 Å². The number of anilines is 3. The Morgan fingerprint density at radius 1 is 0.962 bits per heavy atom. The maximum Gasteiger partial charge on any atom is 0.166 e. The van der Waals surface area contributed by atoms with Gasteiger partial charge in [-0.25, -0.2) is 15.0 Å². The zero-order chi connectivity index (χ0) is 17.9. The molecule has 1 aromatic carbocycles. The van der Waals surface area contributed by atoms with Crippen molar-refractivity contribution in [1.82, 2.24) is 19.5 Å². The quantitative estimate of drug-likeness (QED) is 0.764. The molecule has 8 heteroatoms. The number of nitrogens with two attached hydrogens (primary N) is 1. The van der Waals surface area contributed by atoms with Gasteiger partial charge in [0.15, 0.2) is 11.6 Å². The molecule has 1 aliphatic heterocycles. The Morgan fingerprint density at radius 2 is 1.65 bits per heavy atom. The molecule has 0 atom stereocenters. The number of nitrogens with zero attached hydrogens (tertiary/aromatic N) is 6. The van der Waals surface area contributed by atoms with Gasteiger partial charge in [-0.1, -0.05) is 0 Å². The predicted octanol–water partition coefficient (Wildman–Crippen LogP) is 1.58. The first-order chi connectivity index (χ1) is 12.8. The lowest BCUT2D eigenvalue weighted by atomic mass is 10.2. The van der Waals surface area contributed by atoms with E-state index in [0.29, 0.717) is 11.5 Å². The molecule has 3 aromatic rings. The van der Waals surface area contributed by atoms with E-state index in [-0.39, 0.29) is 0 Å². The summed E-state index contributed by atoms with van der Waals surface area (Å²) in [5.74, 6) is 2.30. The molecule has 1 fully saturated rings. The number of hydrogen-bond acceptors (Lipinski definition) is 7. The number of hydrogen-bond donors (Lipinski definition) is 1. The zero-order valence-corrected chi connectivity index (χ0v) is 14.6. The highest BCUT2D eigenvalue weighted by molar-refractivity contribution is 5.70. The summed E-state index contributed by atoms with van der Waals surface area (Å²) in [7, 11) is 1.68. The second kappa shape index (κ2) is 6.91. The molecule has 26 heavy (non-hydrogen) atoms. The zero-order valence-electron chi connectivity index (χ0n) is 14.6. The molecule has 0 spiro atoms. The molecule has 0 bridgehead atoms. The molecule has 2 aromatic heterocycles. The summed E-state index contributed by atoms with van der Waals surface area (Å²) in [5.41, 5.74) is 8.11. The molecule has 0 amide bonds. The fraction of sp³-hybridized carbons (Fsp3) is 0.278. The number of benzene rings is 1. The molecular formula is C18H21N7O. The third-order valence-electron chi connectivity index (χ3n) is 4.61. The van der Waals surface area contributed by atoms with Crippen LogP contribution in [0.4, 0.5) is 17.2 Å². The van der Waals surface area contributed by atoms with Crippen molar-refractivity contribution in [2.45, 2.75) is 0 Å². The summed E-state index contributed by atoms with van der Waals surface area (Å²) < 4.78 is 7.02. The van der Waals surface area contributed by atoms with Crippen LogP contribution in [-0.2, 0) is 0 Å². The summed E-state index contributed by atoms with van der Waals surface area (Å²) in [5, 5.41) is 0. The van der Waals surface area contributed by atoms with E-state index in [1.807, 2.05) is 18.3 Å². The SMILES string of the molecule is COc1ccc(N2CCN(c3ncnc(-n4ccnc4)c3N)CC2)cc1. The van der Waals surface area contributed by atoms with Gasteiger partial charge in [-0.05, 0) is 24.3 Å². The standard InChI is InChI=1S/C18H21N7O/c1-26-15-4-2-14(3-5-15)23-8-10-24(11-9-23)17-16(19)18(22-12-21-17)25-7-6-20-13-25/h2-7,12-13H,8-11,19H2,1H3. The van der Waals surface area contributed by atoms with E-state index in [1.165, 1.54) is 5.69 Å². The second-order valence-corrected chi connectivity index (χ2v) is 6.08. The molecule has 4 rings (SSSR count). The molecule has 0 radical (unpaired) electrons. The largest absolute Gasteiger partial charge is 0.497 e. The minimum Gasteiger partial charge on any atom is -0.497 e. The van der Waals surface area contributed by atoms with Crippen LogP contribution in [0.5, 0.6) is 5.75 Å². The van der Waals surface area contributed by atoms with Gasteiger partial charge >= 0.3 is 0 Å². The maximum absolute atomic E-state index is 6.34. The summed E-state index contributed by atoms with van der Waals surface area (Å²) >= 11 is 0. The summed E-state index contributed by atoms with van der Waals surface area (Å²) in [4.78, 5) is 17.3. The Hall–Kier alpha value is -3.29. The highest BCUT2D eigenvalue weighted by atomic mass is 16.5. The number of imidazole rings is 1. The van der Waals surface area contributed by atoms with Crippen LogP contribution < -0.4 is 20.3 Å². The molecule has 3 heterocycles. The predicted molar refractivity (Wildman–Crippen MR) is 101 cm³/mol. The van der Waals surface area contributed by atoms with Crippen molar-refractivity contribution in [2.75, 3.05) is 48.8 Å². The third-order valence-corrected chi connectivity index (χ3v) is 4.61. The van der Waals surface area contributed by atoms with Gasteiger partial charge in [-0.2, -0.15) is 0 Å².